The number of ether oxygens (including phenoxy) is 2. The number of nitrogens with zero attached hydrogens (tertiary/aromatic N) is 3. The molecule has 0 radical (unpaired) electrons. The van der Waals surface area contributed by atoms with Gasteiger partial charge in [0, 0.05) is 43.9 Å². The molecule has 200 valence electrons. The zero-order valence-corrected chi connectivity index (χ0v) is 21.1. The number of imidazole rings is 1. The Labute approximate surface area is 219 Å². The summed E-state index contributed by atoms with van der Waals surface area (Å²) in [4.78, 5) is 13.9. The number of hydrogen-bond donors (Lipinski definition) is 4. The normalized spacial score (nSPS) is 21.7. The van der Waals surface area contributed by atoms with Gasteiger partial charge < -0.3 is 35.8 Å². The summed E-state index contributed by atoms with van der Waals surface area (Å²) < 4.78 is 40.2. The van der Waals surface area contributed by atoms with E-state index in [1.54, 1.807) is 18.6 Å². The Hall–Kier alpha value is -3.83. The Bertz CT molecular complexity index is 1290. The van der Waals surface area contributed by atoms with E-state index < -0.39 is 17.2 Å². The van der Waals surface area contributed by atoms with Gasteiger partial charge in [-0.1, -0.05) is 6.92 Å². The largest absolute Gasteiger partial charge is 0.488 e. The number of pyridine rings is 1. The fraction of sp³-hybridized carbons (Fsp3) is 0.370. The number of H-pyrrole nitrogens is 1. The van der Waals surface area contributed by atoms with Crippen LogP contribution in [0.5, 0.6) is 5.75 Å². The van der Waals surface area contributed by atoms with E-state index >= 15 is 0 Å². The number of anilines is 3. The molecule has 1 aromatic carbocycles. The predicted molar refractivity (Wildman–Crippen MR) is 142 cm³/mol. The highest BCUT2D eigenvalue weighted by molar-refractivity contribution is 6.09. The van der Waals surface area contributed by atoms with Crippen LogP contribution in [0.1, 0.15) is 31.0 Å². The molecule has 0 bridgehead atoms. The third-order valence-corrected chi connectivity index (χ3v) is 6.58. The second kappa shape index (κ2) is 11.3. The Balaban J connectivity index is 1.26. The maximum absolute atomic E-state index is 14.7. The smallest absolute Gasteiger partial charge is 0.205 e. The predicted octanol–water partition coefficient (Wildman–Crippen LogP) is 4.25. The van der Waals surface area contributed by atoms with Crippen molar-refractivity contribution in [3.05, 3.63) is 65.8 Å². The highest BCUT2D eigenvalue weighted by Gasteiger charge is 2.24. The van der Waals surface area contributed by atoms with Crippen LogP contribution in [0.15, 0.2) is 42.9 Å². The molecule has 2 aromatic heterocycles. The van der Waals surface area contributed by atoms with Crippen LogP contribution in [0.2, 0.25) is 0 Å². The quantitative estimate of drug-likeness (QED) is 0.325. The van der Waals surface area contributed by atoms with Crippen LogP contribution in [-0.2, 0) is 4.74 Å². The van der Waals surface area contributed by atoms with Crippen LogP contribution in [0.4, 0.5) is 26.1 Å². The Morgan fingerprint density at radius 1 is 1.29 bits per heavy atom. The monoisotopic (exact) mass is 523 g/mol. The fourth-order valence-electron chi connectivity index (χ4n) is 4.90. The SMILES string of the molecule is CC1CC(N)CN(c2ccncc2Nc2ncc(/C=C\C(=N)c3c(F)cc(OC4CCOC4)cc3F)[nH]2)C1. The van der Waals surface area contributed by atoms with Crippen molar-refractivity contribution in [3.8, 4) is 5.75 Å². The van der Waals surface area contributed by atoms with E-state index in [0.29, 0.717) is 37.2 Å². The van der Waals surface area contributed by atoms with Crippen LogP contribution in [0, 0.1) is 23.0 Å². The van der Waals surface area contributed by atoms with Crippen molar-refractivity contribution in [1.82, 2.24) is 15.0 Å². The summed E-state index contributed by atoms with van der Waals surface area (Å²) in [5.41, 5.74) is 7.81. The summed E-state index contributed by atoms with van der Waals surface area (Å²) in [5.74, 6) is -0.700. The van der Waals surface area contributed by atoms with E-state index in [-0.39, 0.29) is 23.6 Å². The van der Waals surface area contributed by atoms with Crippen molar-refractivity contribution < 1.29 is 18.3 Å². The van der Waals surface area contributed by atoms with Gasteiger partial charge in [-0.15, -0.1) is 0 Å². The number of aromatic nitrogens is 3. The zero-order valence-electron chi connectivity index (χ0n) is 21.1. The Morgan fingerprint density at radius 3 is 2.84 bits per heavy atom. The maximum Gasteiger partial charge on any atom is 0.205 e. The number of benzene rings is 1. The molecule has 3 aromatic rings. The van der Waals surface area contributed by atoms with E-state index in [1.807, 2.05) is 6.07 Å². The van der Waals surface area contributed by atoms with Crippen molar-refractivity contribution in [2.24, 2.45) is 11.7 Å². The summed E-state index contributed by atoms with van der Waals surface area (Å²) in [6.07, 6.45) is 9.32. The number of nitrogens with two attached hydrogens (primary N) is 1. The van der Waals surface area contributed by atoms with Crippen LogP contribution < -0.4 is 20.7 Å². The zero-order chi connectivity index (χ0) is 26.6. The molecule has 11 heteroatoms. The van der Waals surface area contributed by atoms with Crippen molar-refractivity contribution in [3.63, 3.8) is 0 Å². The van der Waals surface area contributed by atoms with E-state index in [9.17, 15) is 8.78 Å². The standard InChI is InChI=1S/C27H31F2N7O2/c1-16-8-17(30)14-36(13-16)25-4-6-32-12-24(25)35-27-33-11-18(34-27)2-3-23(31)26-21(28)9-20(10-22(26)29)38-19-5-7-37-15-19/h2-4,6,9-12,16-17,19,31H,5,7-8,13-15,30H2,1H3,(H2,33,34,35)/b3-2-,31-23?. The van der Waals surface area contributed by atoms with E-state index in [0.717, 1.165) is 43.0 Å². The average Bonchev–Trinajstić information content (AvgIpc) is 3.54. The van der Waals surface area contributed by atoms with Gasteiger partial charge in [-0.3, -0.25) is 4.98 Å². The van der Waals surface area contributed by atoms with Gasteiger partial charge in [0.05, 0.1) is 54.0 Å². The highest BCUT2D eigenvalue weighted by Crippen LogP contribution is 2.30. The van der Waals surface area contributed by atoms with Crippen molar-refractivity contribution in [2.45, 2.75) is 31.9 Å². The van der Waals surface area contributed by atoms with Gasteiger partial charge in [-0.2, -0.15) is 0 Å². The number of aromatic amines is 1. The van der Waals surface area contributed by atoms with Crippen LogP contribution in [0.25, 0.3) is 6.08 Å². The molecule has 2 saturated heterocycles. The molecule has 3 unspecified atom stereocenters. The topological polar surface area (TPSA) is 125 Å². The highest BCUT2D eigenvalue weighted by atomic mass is 19.1. The minimum absolute atomic E-state index is 0.0797. The Morgan fingerprint density at radius 2 is 2.11 bits per heavy atom. The molecular weight excluding hydrogens is 492 g/mol. The summed E-state index contributed by atoms with van der Waals surface area (Å²) in [6, 6.07) is 4.24. The van der Waals surface area contributed by atoms with Crippen molar-refractivity contribution in [1.29, 1.82) is 5.41 Å². The van der Waals surface area contributed by atoms with Gasteiger partial charge in [0.1, 0.15) is 23.5 Å². The molecule has 9 nitrogen and oxygen atoms in total. The van der Waals surface area contributed by atoms with Gasteiger partial charge in [0.15, 0.2) is 0 Å². The second-order valence-electron chi connectivity index (χ2n) is 9.82. The first-order chi connectivity index (χ1) is 18.4. The first-order valence-corrected chi connectivity index (χ1v) is 12.6. The first-order valence-electron chi connectivity index (χ1n) is 12.6. The summed E-state index contributed by atoms with van der Waals surface area (Å²) in [5, 5.41) is 11.5. The Kier molecular flexibility index (Phi) is 7.66. The molecule has 5 N–H and O–H groups in total. The number of nitrogens with one attached hydrogen (secondary N) is 3. The molecule has 38 heavy (non-hydrogen) atoms. The minimum atomic E-state index is -0.864. The number of rotatable bonds is 8. The third kappa shape index (κ3) is 6.00. The molecule has 2 fully saturated rings. The molecular formula is C27H31F2N7O2. The molecule has 5 rings (SSSR count). The molecule has 0 spiro atoms. The maximum atomic E-state index is 14.7. The lowest BCUT2D eigenvalue weighted by Gasteiger charge is -2.37. The summed E-state index contributed by atoms with van der Waals surface area (Å²) in [6.45, 7) is 4.79. The van der Waals surface area contributed by atoms with Crippen molar-refractivity contribution >= 4 is 29.1 Å². The van der Waals surface area contributed by atoms with Gasteiger partial charge in [0.25, 0.3) is 0 Å². The molecule has 0 saturated carbocycles. The molecule has 3 atom stereocenters. The number of hydrogen-bond acceptors (Lipinski definition) is 8. The van der Waals surface area contributed by atoms with Gasteiger partial charge in [0.2, 0.25) is 5.95 Å². The lowest BCUT2D eigenvalue weighted by Crippen LogP contribution is -2.46. The second-order valence-corrected chi connectivity index (χ2v) is 9.82. The van der Waals surface area contributed by atoms with Crippen LogP contribution in [0.3, 0.4) is 0 Å². The molecule has 2 aliphatic rings. The number of halogens is 2. The van der Waals surface area contributed by atoms with E-state index in [4.69, 9.17) is 20.6 Å². The molecule has 0 amide bonds. The first kappa shape index (κ1) is 25.8. The molecule has 4 heterocycles. The minimum Gasteiger partial charge on any atom is -0.488 e. The van der Waals surface area contributed by atoms with Crippen molar-refractivity contribution in [2.75, 3.05) is 36.5 Å². The summed E-state index contributed by atoms with van der Waals surface area (Å²) >= 11 is 0. The lowest BCUT2D eigenvalue weighted by atomic mass is 9.96. The van der Waals surface area contributed by atoms with E-state index in [1.165, 1.54) is 12.2 Å². The third-order valence-electron chi connectivity index (χ3n) is 6.58. The lowest BCUT2D eigenvalue weighted by molar-refractivity contribution is 0.141. The van der Waals surface area contributed by atoms with Gasteiger partial charge in [-0.25, -0.2) is 13.8 Å². The van der Waals surface area contributed by atoms with Crippen LogP contribution in [-0.4, -0.2) is 59.1 Å². The molecule has 0 aliphatic carbocycles. The average molecular weight is 524 g/mol. The van der Waals surface area contributed by atoms with Crippen LogP contribution >= 0.6 is 0 Å². The van der Waals surface area contributed by atoms with Gasteiger partial charge in [-0.05, 0) is 30.6 Å². The molecule has 2 aliphatic heterocycles. The fourth-order valence-corrected chi connectivity index (χ4v) is 4.90. The summed E-state index contributed by atoms with van der Waals surface area (Å²) in [7, 11) is 0. The van der Waals surface area contributed by atoms with Gasteiger partial charge >= 0.3 is 0 Å². The number of piperidine rings is 1. The van der Waals surface area contributed by atoms with E-state index in [2.05, 4.69) is 32.1 Å². The number of allylic oxidation sites excluding steroid dienone is 1.